The van der Waals surface area contributed by atoms with Gasteiger partial charge in [0.05, 0.1) is 11.4 Å². The standard InChI is InChI=1S/C13H19N3O2S.HI/c1-10(2)8-15-13(14)16-9-11-4-6-12(7-5-11)19(3,17)18;/h4-7H,1,8-9H2,2-3H3,(H3,14,15,16);1H. The van der Waals surface area contributed by atoms with E-state index in [1.807, 2.05) is 6.92 Å². The lowest BCUT2D eigenvalue weighted by Crippen LogP contribution is -2.32. The number of nitrogens with one attached hydrogen (secondary N) is 1. The van der Waals surface area contributed by atoms with E-state index < -0.39 is 9.84 Å². The largest absolute Gasteiger partial charge is 0.370 e. The zero-order valence-corrected chi connectivity index (χ0v) is 14.7. The van der Waals surface area contributed by atoms with Crippen LogP contribution in [0.15, 0.2) is 46.3 Å². The first kappa shape index (κ1) is 18.9. The number of halogens is 1. The summed E-state index contributed by atoms with van der Waals surface area (Å²) in [4.78, 5) is 4.45. The lowest BCUT2D eigenvalue weighted by atomic mass is 10.2. The van der Waals surface area contributed by atoms with E-state index in [2.05, 4.69) is 16.9 Å². The third-order valence-corrected chi connectivity index (χ3v) is 3.48. The van der Waals surface area contributed by atoms with Gasteiger partial charge in [-0.15, -0.1) is 24.0 Å². The molecule has 7 heteroatoms. The number of benzene rings is 1. The summed E-state index contributed by atoms with van der Waals surface area (Å²) < 4.78 is 22.6. The molecule has 0 fully saturated rings. The molecule has 0 aliphatic carbocycles. The highest BCUT2D eigenvalue weighted by atomic mass is 127. The van der Waals surface area contributed by atoms with E-state index in [1.165, 1.54) is 6.26 Å². The fourth-order valence-corrected chi connectivity index (χ4v) is 1.95. The molecule has 0 bridgehead atoms. The van der Waals surface area contributed by atoms with Crippen LogP contribution in [-0.4, -0.2) is 27.2 Å². The molecule has 0 radical (unpaired) electrons. The molecule has 0 atom stereocenters. The molecule has 0 heterocycles. The van der Waals surface area contributed by atoms with Crippen LogP contribution in [0.4, 0.5) is 0 Å². The van der Waals surface area contributed by atoms with Crippen molar-refractivity contribution in [2.24, 2.45) is 10.7 Å². The van der Waals surface area contributed by atoms with Gasteiger partial charge in [0.15, 0.2) is 15.8 Å². The molecule has 1 aromatic carbocycles. The quantitative estimate of drug-likeness (QED) is 0.336. The molecule has 1 aromatic rings. The molecule has 3 N–H and O–H groups in total. The molecule has 0 saturated heterocycles. The summed E-state index contributed by atoms with van der Waals surface area (Å²) in [6.07, 6.45) is 1.18. The van der Waals surface area contributed by atoms with E-state index in [9.17, 15) is 8.42 Å². The Labute approximate surface area is 137 Å². The minimum Gasteiger partial charge on any atom is -0.370 e. The van der Waals surface area contributed by atoms with Crippen molar-refractivity contribution in [2.75, 3.05) is 12.8 Å². The molecule has 20 heavy (non-hydrogen) atoms. The average Bonchev–Trinajstić information content (AvgIpc) is 2.33. The Morgan fingerprint density at radius 2 is 1.90 bits per heavy atom. The van der Waals surface area contributed by atoms with Gasteiger partial charge in [0.25, 0.3) is 0 Å². The number of nitrogens with zero attached hydrogens (tertiary/aromatic N) is 1. The van der Waals surface area contributed by atoms with Crippen molar-refractivity contribution < 1.29 is 8.42 Å². The van der Waals surface area contributed by atoms with Crippen LogP contribution in [0.2, 0.25) is 0 Å². The van der Waals surface area contributed by atoms with Gasteiger partial charge in [0.1, 0.15) is 0 Å². The predicted octanol–water partition coefficient (Wildman–Crippen LogP) is 1.69. The molecular formula is C13H20IN3O2S. The maximum absolute atomic E-state index is 11.3. The molecule has 1 rings (SSSR count). The maximum atomic E-state index is 11.3. The number of hydrogen-bond donors (Lipinski definition) is 2. The number of guanidine groups is 1. The van der Waals surface area contributed by atoms with Crippen LogP contribution in [0.5, 0.6) is 0 Å². The normalized spacial score (nSPS) is 11.6. The van der Waals surface area contributed by atoms with Crippen LogP contribution in [0.25, 0.3) is 0 Å². The van der Waals surface area contributed by atoms with Gasteiger partial charge in [-0.25, -0.2) is 13.4 Å². The number of rotatable bonds is 5. The minimum absolute atomic E-state index is 0. The van der Waals surface area contributed by atoms with Gasteiger partial charge >= 0.3 is 0 Å². The lowest BCUT2D eigenvalue weighted by Gasteiger charge is -2.05. The van der Waals surface area contributed by atoms with Crippen molar-refractivity contribution in [3.63, 3.8) is 0 Å². The van der Waals surface area contributed by atoms with Gasteiger partial charge in [-0.1, -0.05) is 24.3 Å². The summed E-state index contributed by atoms with van der Waals surface area (Å²) in [5.41, 5.74) is 7.53. The molecule has 0 aromatic heterocycles. The van der Waals surface area contributed by atoms with Crippen molar-refractivity contribution in [1.82, 2.24) is 5.32 Å². The third-order valence-electron chi connectivity index (χ3n) is 2.35. The van der Waals surface area contributed by atoms with E-state index in [0.29, 0.717) is 23.9 Å². The van der Waals surface area contributed by atoms with E-state index in [0.717, 1.165) is 11.1 Å². The Bertz CT molecular complexity index is 580. The first-order chi connectivity index (χ1) is 8.79. The third kappa shape index (κ3) is 6.90. The highest BCUT2D eigenvalue weighted by molar-refractivity contribution is 14.0. The Balaban J connectivity index is 0.00000361. The van der Waals surface area contributed by atoms with Gasteiger partial charge in [0.2, 0.25) is 0 Å². The average molecular weight is 409 g/mol. The van der Waals surface area contributed by atoms with Gasteiger partial charge in [-0.3, -0.25) is 0 Å². The maximum Gasteiger partial charge on any atom is 0.189 e. The van der Waals surface area contributed by atoms with Gasteiger partial charge in [0, 0.05) is 12.8 Å². The van der Waals surface area contributed by atoms with Gasteiger partial charge in [-0.2, -0.15) is 0 Å². The highest BCUT2D eigenvalue weighted by Gasteiger charge is 2.05. The second-order valence-electron chi connectivity index (χ2n) is 4.43. The summed E-state index contributed by atoms with van der Waals surface area (Å²) in [7, 11) is -3.15. The molecule has 0 unspecified atom stereocenters. The van der Waals surface area contributed by atoms with E-state index >= 15 is 0 Å². The van der Waals surface area contributed by atoms with Crippen LogP contribution in [0.3, 0.4) is 0 Å². The predicted molar refractivity (Wildman–Crippen MR) is 93.1 cm³/mol. The fraction of sp³-hybridized carbons (Fsp3) is 0.308. The molecule has 0 amide bonds. The molecule has 0 spiro atoms. The zero-order chi connectivity index (χ0) is 14.5. The van der Waals surface area contributed by atoms with Crippen LogP contribution in [0.1, 0.15) is 12.5 Å². The monoisotopic (exact) mass is 409 g/mol. The van der Waals surface area contributed by atoms with Gasteiger partial charge < -0.3 is 11.1 Å². The van der Waals surface area contributed by atoms with E-state index in [4.69, 9.17) is 5.73 Å². The Morgan fingerprint density at radius 3 is 2.35 bits per heavy atom. The van der Waals surface area contributed by atoms with Gasteiger partial charge in [-0.05, 0) is 24.6 Å². The minimum atomic E-state index is -3.15. The Kier molecular flexibility index (Phi) is 7.80. The SMILES string of the molecule is C=C(C)CNC(N)=NCc1ccc(S(C)(=O)=O)cc1.I. The summed E-state index contributed by atoms with van der Waals surface area (Å²) in [5.74, 6) is 0.343. The van der Waals surface area contributed by atoms with Crippen LogP contribution in [-0.2, 0) is 16.4 Å². The summed E-state index contributed by atoms with van der Waals surface area (Å²) in [6, 6.07) is 6.59. The number of nitrogens with two attached hydrogens (primary N) is 1. The molecular weight excluding hydrogens is 389 g/mol. The van der Waals surface area contributed by atoms with Crippen LogP contribution < -0.4 is 11.1 Å². The second kappa shape index (κ2) is 8.25. The van der Waals surface area contributed by atoms with Crippen molar-refractivity contribution in [1.29, 1.82) is 0 Å². The van der Waals surface area contributed by atoms with Crippen LogP contribution >= 0.6 is 24.0 Å². The van der Waals surface area contributed by atoms with E-state index in [1.54, 1.807) is 24.3 Å². The first-order valence-electron chi connectivity index (χ1n) is 5.76. The molecule has 112 valence electrons. The Hall–Kier alpha value is -1.09. The lowest BCUT2D eigenvalue weighted by molar-refractivity contribution is 0.602. The molecule has 5 nitrogen and oxygen atoms in total. The zero-order valence-electron chi connectivity index (χ0n) is 11.6. The fourth-order valence-electron chi connectivity index (χ4n) is 1.32. The molecule has 0 aliphatic heterocycles. The second-order valence-corrected chi connectivity index (χ2v) is 6.44. The number of hydrogen-bond acceptors (Lipinski definition) is 3. The summed E-state index contributed by atoms with van der Waals surface area (Å²) in [6.45, 7) is 6.63. The Morgan fingerprint density at radius 1 is 1.35 bits per heavy atom. The van der Waals surface area contributed by atoms with Crippen molar-refractivity contribution >= 4 is 39.8 Å². The van der Waals surface area contributed by atoms with E-state index in [-0.39, 0.29) is 24.0 Å². The smallest absolute Gasteiger partial charge is 0.189 e. The molecule has 0 saturated carbocycles. The number of aliphatic imine (C=N–C) groups is 1. The van der Waals surface area contributed by atoms with Crippen molar-refractivity contribution in [3.8, 4) is 0 Å². The van der Waals surface area contributed by atoms with Crippen molar-refractivity contribution in [3.05, 3.63) is 42.0 Å². The summed E-state index contributed by atoms with van der Waals surface area (Å²) >= 11 is 0. The first-order valence-corrected chi connectivity index (χ1v) is 7.65. The van der Waals surface area contributed by atoms with Crippen molar-refractivity contribution in [2.45, 2.75) is 18.4 Å². The van der Waals surface area contributed by atoms with Crippen LogP contribution in [0, 0.1) is 0 Å². The summed E-state index contributed by atoms with van der Waals surface area (Å²) in [5, 5.41) is 2.92. The highest BCUT2D eigenvalue weighted by Crippen LogP contribution is 2.10. The molecule has 0 aliphatic rings. The number of sulfone groups is 1. The topological polar surface area (TPSA) is 84.5 Å².